The number of aromatic amines is 1. The van der Waals surface area contributed by atoms with Crippen molar-refractivity contribution in [2.75, 3.05) is 17.2 Å². The third-order valence-electron chi connectivity index (χ3n) is 4.52. The Bertz CT molecular complexity index is 1150. The molecule has 1 aliphatic rings. The van der Waals surface area contributed by atoms with Gasteiger partial charge in [0.1, 0.15) is 0 Å². The number of nitrogens with one attached hydrogen (secondary N) is 3. The van der Waals surface area contributed by atoms with Gasteiger partial charge < -0.3 is 15.4 Å². The maximum absolute atomic E-state index is 12.4. The number of anilines is 4. The Balaban J connectivity index is 1.77. The van der Waals surface area contributed by atoms with E-state index in [-0.39, 0.29) is 18.4 Å². The van der Waals surface area contributed by atoms with Gasteiger partial charge in [0, 0.05) is 17.7 Å². The second-order valence-corrected chi connectivity index (χ2v) is 7.19. The third-order valence-corrected chi connectivity index (χ3v) is 4.85. The zero-order chi connectivity index (χ0) is 22.0. The Morgan fingerprint density at radius 2 is 2.10 bits per heavy atom. The van der Waals surface area contributed by atoms with Gasteiger partial charge in [0.25, 0.3) is 0 Å². The van der Waals surface area contributed by atoms with Crippen LogP contribution in [0.4, 0.5) is 29.0 Å². The Morgan fingerprint density at radius 3 is 2.77 bits per heavy atom. The molecular formula is C19H18ClN7O4. The van der Waals surface area contributed by atoms with E-state index in [0.29, 0.717) is 22.4 Å². The van der Waals surface area contributed by atoms with Crippen LogP contribution in [0.5, 0.6) is 0 Å². The van der Waals surface area contributed by atoms with Gasteiger partial charge in [-0.15, -0.1) is 0 Å². The van der Waals surface area contributed by atoms with E-state index in [1.165, 1.54) is 0 Å². The number of aromatic nitrogens is 4. The average Bonchev–Trinajstić information content (AvgIpc) is 3.48. The van der Waals surface area contributed by atoms with Gasteiger partial charge in [-0.1, -0.05) is 23.7 Å². The van der Waals surface area contributed by atoms with Gasteiger partial charge in [-0.2, -0.15) is 15.1 Å². The van der Waals surface area contributed by atoms with E-state index >= 15 is 0 Å². The summed E-state index contributed by atoms with van der Waals surface area (Å²) in [6, 6.07) is 8.59. The van der Waals surface area contributed by atoms with Gasteiger partial charge in [-0.05, 0) is 31.9 Å². The molecule has 0 bridgehead atoms. The van der Waals surface area contributed by atoms with Crippen molar-refractivity contribution in [2.45, 2.75) is 25.7 Å². The number of halogens is 1. The lowest BCUT2D eigenvalue weighted by Crippen LogP contribution is -2.15. The molecule has 0 atom stereocenters. The standard InChI is InChI=1S/C19H18ClN7O4/c1-2-31-18(28)15-16(27(29)30)17(22-14-9-13(25-26-14)10-7-8-10)24-19(23-15)21-12-6-4-3-5-11(12)20/h3-6,9-10H,2,7-8H2,1H3,(H3,21,22,23,24,25,26). The third kappa shape index (κ3) is 4.56. The number of para-hydroxylation sites is 1. The molecule has 160 valence electrons. The lowest BCUT2D eigenvalue weighted by atomic mass is 10.3. The summed E-state index contributed by atoms with van der Waals surface area (Å²) in [4.78, 5) is 31.7. The van der Waals surface area contributed by atoms with Crippen LogP contribution in [0.1, 0.15) is 41.9 Å². The van der Waals surface area contributed by atoms with Crippen molar-refractivity contribution in [3.63, 3.8) is 0 Å². The summed E-state index contributed by atoms with van der Waals surface area (Å²) in [5, 5.41) is 24.9. The highest BCUT2D eigenvalue weighted by Crippen LogP contribution is 2.40. The van der Waals surface area contributed by atoms with Crippen molar-refractivity contribution >= 4 is 46.5 Å². The van der Waals surface area contributed by atoms with Crippen LogP contribution in [-0.4, -0.2) is 37.7 Å². The molecule has 3 aromatic rings. The number of benzene rings is 1. The van der Waals surface area contributed by atoms with Gasteiger partial charge >= 0.3 is 11.7 Å². The summed E-state index contributed by atoms with van der Waals surface area (Å²) in [5.41, 5.74) is 0.296. The maximum atomic E-state index is 12.4. The molecule has 31 heavy (non-hydrogen) atoms. The molecule has 0 amide bonds. The quantitative estimate of drug-likeness (QED) is 0.263. The Kier molecular flexibility index (Phi) is 5.67. The van der Waals surface area contributed by atoms with E-state index in [0.717, 1.165) is 18.5 Å². The molecule has 1 fully saturated rings. The van der Waals surface area contributed by atoms with Crippen molar-refractivity contribution in [1.82, 2.24) is 20.2 Å². The zero-order valence-corrected chi connectivity index (χ0v) is 17.1. The van der Waals surface area contributed by atoms with Crippen LogP contribution < -0.4 is 10.6 Å². The van der Waals surface area contributed by atoms with Crippen molar-refractivity contribution in [2.24, 2.45) is 0 Å². The minimum Gasteiger partial charge on any atom is -0.461 e. The van der Waals surface area contributed by atoms with Crippen molar-refractivity contribution < 1.29 is 14.5 Å². The average molecular weight is 444 g/mol. The first-order chi connectivity index (χ1) is 15.0. The fraction of sp³-hybridized carbons (Fsp3) is 0.263. The maximum Gasteiger partial charge on any atom is 0.364 e. The van der Waals surface area contributed by atoms with Gasteiger partial charge in [0.2, 0.25) is 17.5 Å². The predicted octanol–water partition coefficient (Wildman–Crippen LogP) is 4.30. The summed E-state index contributed by atoms with van der Waals surface area (Å²) in [6.07, 6.45) is 2.13. The topological polar surface area (TPSA) is 148 Å². The summed E-state index contributed by atoms with van der Waals surface area (Å²) in [6.45, 7) is 1.62. The monoisotopic (exact) mass is 443 g/mol. The first kappa shape index (κ1) is 20.5. The number of hydrogen-bond acceptors (Lipinski definition) is 9. The summed E-state index contributed by atoms with van der Waals surface area (Å²) < 4.78 is 4.96. The highest BCUT2D eigenvalue weighted by Gasteiger charge is 2.32. The number of carbonyl (C=O) groups excluding carboxylic acids is 1. The summed E-state index contributed by atoms with van der Waals surface area (Å²) in [5.74, 6) is -0.464. The van der Waals surface area contributed by atoms with Gasteiger partial charge in [-0.3, -0.25) is 15.2 Å². The van der Waals surface area contributed by atoms with Crippen LogP contribution >= 0.6 is 11.6 Å². The van der Waals surface area contributed by atoms with Crippen LogP contribution in [0.3, 0.4) is 0 Å². The molecule has 0 saturated heterocycles. The van der Waals surface area contributed by atoms with E-state index in [4.69, 9.17) is 16.3 Å². The molecule has 1 aromatic carbocycles. The number of rotatable bonds is 8. The minimum atomic E-state index is -0.942. The molecular weight excluding hydrogens is 426 g/mol. The van der Waals surface area contributed by atoms with Crippen LogP contribution in [0.15, 0.2) is 30.3 Å². The molecule has 4 rings (SSSR count). The number of esters is 1. The van der Waals surface area contributed by atoms with E-state index in [1.807, 2.05) is 0 Å². The van der Waals surface area contributed by atoms with Crippen LogP contribution in [0.2, 0.25) is 5.02 Å². The molecule has 3 N–H and O–H groups in total. The number of H-pyrrole nitrogens is 1. The van der Waals surface area contributed by atoms with E-state index < -0.39 is 22.3 Å². The molecule has 2 aromatic heterocycles. The van der Waals surface area contributed by atoms with E-state index in [1.54, 1.807) is 37.3 Å². The fourth-order valence-electron chi connectivity index (χ4n) is 2.92. The van der Waals surface area contributed by atoms with Crippen molar-refractivity contribution in [3.05, 3.63) is 56.9 Å². The molecule has 12 heteroatoms. The Labute approximate surface area is 181 Å². The normalized spacial score (nSPS) is 13.0. The fourth-order valence-corrected chi connectivity index (χ4v) is 3.10. The lowest BCUT2D eigenvalue weighted by molar-refractivity contribution is -0.384. The molecule has 0 unspecified atom stereocenters. The van der Waals surface area contributed by atoms with Crippen molar-refractivity contribution in [3.8, 4) is 0 Å². The molecule has 0 radical (unpaired) electrons. The highest BCUT2D eigenvalue weighted by atomic mass is 35.5. The van der Waals surface area contributed by atoms with Crippen molar-refractivity contribution in [1.29, 1.82) is 0 Å². The number of hydrogen-bond donors (Lipinski definition) is 3. The predicted molar refractivity (Wildman–Crippen MR) is 113 cm³/mol. The number of nitro groups is 1. The molecule has 1 aliphatic carbocycles. The van der Waals surface area contributed by atoms with Crippen LogP contribution in [0, 0.1) is 10.1 Å². The second-order valence-electron chi connectivity index (χ2n) is 6.78. The van der Waals surface area contributed by atoms with Crippen LogP contribution in [-0.2, 0) is 4.74 Å². The van der Waals surface area contributed by atoms with Crippen LogP contribution in [0.25, 0.3) is 0 Å². The van der Waals surface area contributed by atoms with E-state index in [9.17, 15) is 14.9 Å². The molecule has 2 heterocycles. The number of ether oxygens (including phenoxy) is 1. The van der Waals surface area contributed by atoms with Gasteiger partial charge in [0.15, 0.2) is 5.82 Å². The summed E-state index contributed by atoms with van der Waals surface area (Å²) in [7, 11) is 0. The minimum absolute atomic E-state index is 0.0279. The largest absolute Gasteiger partial charge is 0.461 e. The summed E-state index contributed by atoms with van der Waals surface area (Å²) >= 11 is 6.17. The highest BCUT2D eigenvalue weighted by molar-refractivity contribution is 6.33. The second kappa shape index (κ2) is 8.56. The lowest BCUT2D eigenvalue weighted by Gasteiger charge is -2.11. The van der Waals surface area contributed by atoms with E-state index in [2.05, 4.69) is 30.8 Å². The first-order valence-electron chi connectivity index (χ1n) is 9.53. The SMILES string of the molecule is CCOC(=O)c1nc(Nc2ccccc2Cl)nc(Nc2cc(C3CC3)[nH]n2)c1[N+](=O)[O-]. The van der Waals surface area contributed by atoms with Gasteiger partial charge in [-0.25, -0.2) is 4.79 Å². The number of nitrogens with zero attached hydrogens (tertiary/aromatic N) is 4. The molecule has 1 saturated carbocycles. The molecule has 0 aliphatic heterocycles. The Morgan fingerprint density at radius 1 is 1.32 bits per heavy atom. The Hall–Kier alpha value is -3.73. The number of carbonyl (C=O) groups is 1. The van der Waals surface area contributed by atoms with Gasteiger partial charge in [0.05, 0.1) is 22.2 Å². The zero-order valence-electron chi connectivity index (χ0n) is 16.4. The first-order valence-corrected chi connectivity index (χ1v) is 9.91. The molecule has 0 spiro atoms. The molecule has 11 nitrogen and oxygen atoms in total. The smallest absolute Gasteiger partial charge is 0.364 e.